The number of carbonyl (C=O) groups excluding carboxylic acids is 2. The average molecular weight is 514 g/mol. The largest absolute Gasteiger partial charge is 0.496 e. The molecule has 0 spiro atoms. The van der Waals surface area contributed by atoms with Gasteiger partial charge < -0.3 is 19.5 Å². The first-order valence-corrected chi connectivity index (χ1v) is 11.6. The number of ether oxygens (including phenoxy) is 3. The van der Waals surface area contributed by atoms with Crippen molar-refractivity contribution in [2.24, 2.45) is 0 Å². The molecule has 1 aliphatic rings. The Labute approximate surface area is 212 Å². The standard InChI is InChI=1S/C28H26F3NO5/c1-14(2)36-27(34)18-10-6-8-17(13-18)21-24(33)25(37-26(21)32-4)22-20-16(9-7-11-19(20)35-5)12-15(3)23(22)28(29,30)31/h6-14,25,32H,1-5H3. The van der Waals surface area contributed by atoms with Crippen molar-refractivity contribution in [2.75, 3.05) is 14.2 Å². The third-order valence-corrected chi connectivity index (χ3v) is 6.03. The van der Waals surface area contributed by atoms with E-state index in [2.05, 4.69) is 5.32 Å². The van der Waals surface area contributed by atoms with Crippen LogP contribution in [0.25, 0.3) is 16.3 Å². The number of methoxy groups -OCH3 is 1. The number of Topliss-reactive ketones (excluding diaryl/α,β-unsaturated/α-hetero) is 1. The molecule has 1 atom stereocenters. The zero-order chi connectivity index (χ0) is 27.1. The van der Waals surface area contributed by atoms with Gasteiger partial charge in [0.15, 0.2) is 12.0 Å². The number of hydrogen-bond acceptors (Lipinski definition) is 6. The Morgan fingerprint density at radius 3 is 2.43 bits per heavy atom. The lowest BCUT2D eigenvalue weighted by Crippen LogP contribution is -2.19. The molecule has 4 rings (SSSR count). The first kappa shape index (κ1) is 26.1. The summed E-state index contributed by atoms with van der Waals surface area (Å²) in [6.07, 6.45) is -6.71. The lowest BCUT2D eigenvalue weighted by molar-refractivity contribution is -0.140. The number of hydrogen-bond donors (Lipinski definition) is 1. The van der Waals surface area contributed by atoms with E-state index in [0.29, 0.717) is 10.9 Å². The summed E-state index contributed by atoms with van der Waals surface area (Å²) < 4.78 is 59.7. The minimum atomic E-state index is -4.76. The number of fused-ring (bicyclic) bond motifs is 1. The molecule has 3 aromatic carbocycles. The molecule has 1 aliphatic heterocycles. The van der Waals surface area contributed by atoms with E-state index in [4.69, 9.17) is 14.2 Å². The van der Waals surface area contributed by atoms with Crippen LogP contribution in [0, 0.1) is 6.92 Å². The van der Waals surface area contributed by atoms with Gasteiger partial charge in [-0.25, -0.2) is 4.79 Å². The van der Waals surface area contributed by atoms with Crippen molar-refractivity contribution in [1.29, 1.82) is 0 Å². The Kier molecular flexibility index (Phi) is 6.90. The molecule has 0 saturated carbocycles. The second kappa shape index (κ2) is 9.80. The zero-order valence-electron chi connectivity index (χ0n) is 20.9. The molecule has 1 unspecified atom stereocenters. The Bertz CT molecular complexity index is 1430. The quantitative estimate of drug-likeness (QED) is 0.410. The first-order valence-electron chi connectivity index (χ1n) is 11.6. The van der Waals surface area contributed by atoms with E-state index < -0.39 is 29.6 Å². The molecule has 1 heterocycles. The number of nitrogens with one attached hydrogen (secondary N) is 1. The van der Waals surface area contributed by atoms with E-state index in [-0.39, 0.29) is 45.4 Å². The van der Waals surface area contributed by atoms with Crippen molar-refractivity contribution in [3.05, 3.63) is 82.2 Å². The van der Waals surface area contributed by atoms with Crippen LogP contribution in [-0.2, 0) is 20.4 Å². The SMILES string of the molecule is CNC1=C(c2cccc(C(=O)OC(C)C)c2)C(=O)C(c2c(C(F)(F)F)c(C)cc3cccc(OC)c23)O1. The summed E-state index contributed by atoms with van der Waals surface area (Å²) in [6, 6.07) is 12.4. The second-order valence-electron chi connectivity index (χ2n) is 8.89. The van der Waals surface area contributed by atoms with Crippen molar-refractivity contribution in [3.8, 4) is 5.75 Å². The van der Waals surface area contributed by atoms with Crippen molar-refractivity contribution < 1.29 is 37.0 Å². The summed E-state index contributed by atoms with van der Waals surface area (Å²) in [5, 5.41) is 3.41. The van der Waals surface area contributed by atoms with Crippen LogP contribution in [0.5, 0.6) is 5.75 Å². The zero-order valence-corrected chi connectivity index (χ0v) is 20.9. The number of esters is 1. The monoisotopic (exact) mass is 513 g/mol. The Morgan fingerprint density at radius 1 is 1.11 bits per heavy atom. The fourth-order valence-electron chi connectivity index (χ4n) is 4.61. The minimum absolute atomic E-state index is 0.00190. The average Bonchev–Trinajstić information content (AvgIpc) is 3.17. The maximum Gasteiger partial charge on any atom is 0.417 e. The number of rotatable bonds is 6. The van der Waals surface area contributed by atoms with Crippen molar-refractivity contribution in [2.45, 2.75) is 39.2 Å². The highest BCUT2D eigenvalue weighted by molar-refractivity contribution is 6.26. The lowest BCUT2D eigenvalue weighted by atomic mass is 9.87. The number of benzene rings is 3. The number of carbonyl (C=O) groups is 2. The molecule has 0 saturated heterocycles. The van der Waals surface area contributed by atoms with E-state index in [0.717, 1.165) is 0 Å². The van der Waals surface area contributed by atoms with Crippen molar-refractivity contribution in [1.82, 2.24) is 5.32 Å². The normalized spacial score (nSPS) is 15.8. The van der Waals surface area contributed by atoms with Gasteiger partial charge in [-0.05, 0) is 55.5 Å². The Balaban J connectivity index is 1.91. The highest BCUT2D eigenvalue weighted by Crippen LogP contribution is 2.48. The maximum absolute atomic E-state index is 14.4. The van der Waals surface area contributed by atoms with Crippen LogP contribution >= 0.6 is 0 Å². The van der Waals surface area contributed by atoms with E-state index in [9.17, 15) is 22.8 Å². The number of aryl methyl sites for hydroxylation is 1. The minimum Gasteiger partial charge on any atom is -0.496 e. The van der Waals surface area contributed by atoms with Crippen LogP contribution in [-0.4, -0.2) is 32.0 Å². The van der Waals surface area contributed by atoms with Crippen LogP contribution < -0.4 is 10.1 Å². The number of ketones is 1. The Hall–Kier alpha value is -4.01. The molecule has 37 heavy (non-hydrogen) atoms. The van der Waals surface area contributed by atoms with Gasteiger partial charge in [-0.2, -0.15) is 13.2 Å². The van der Waals surface area contributed by atoms with Gasteiger partial charge in [0.05, 0.1) is 29.9 Å². The van der Waals surface area contributed by atoms with E-state index in [1.165, 1.54) is 45.3 Å². The van der Waals surface area contributed by atoms with Gasteiger partial charge in [-0.3, -0.25) is 4.79 Å². The van der Waals surface area contributed by atoms with Gasteiger partial charge in [-0.1, -0.05) is 30.3 Å². The van der Waals surface area contributed by atoms with Crippen molar-refractivity contribution >= 4 is 28.1 Å². The molecule has 0 bridgehead atoms. The summed E-state index contributed by atoms with van der Waals surface area (Å²) in [5.41, 5.74) is -0.768. The number of halogens is 3. The van der Waals surface area contributed by atoms with Crippen molar-refractivity contribution in [3.63, 3.8) is 0 Å². The molecule has 0 radical (unpaired) electrons. The van der Waals surface area contributed by atoms with Crippen LogP contribution in [0.4, 0.5) is 13.2 Å². The molecule has 1 N–H and O–H groups in total. The molecule has 194 valence electrons. The topological polar surface area (TPSA) is 73.9 Å². The fraction of sp³-hybridized carbons (Fsp3) is 0.286. The van der Waals surface area contributed by atoms with Gasteiger partial charge in [0, 0.05) is 18.0 Å². The molecule has 0 aromatic heterocycles. The van der Waals surface area contributed by atoms with E-state index in [1.54, 1.807) is 38.1 Å². The smallest absolute Gasteiger partial charge is 0.417 e. The summed E-state index contributed by atoms with van der Waals surface area (Å²) in [6.45, 7) is 4.77. The molecule has 9 heteroatoms. The summed E-state index contributed by atoms with van der Waals surface area (Å²) in [7, 11) is 2.86. The third-order valence-electron chi connectivity index (χ3n) is 6.03. The summed E-state index contributed by atoms with van der Waals surface area (Å²) in [5.74, 6) is -1.07. The predicted molar refractivity (Wildman–Crippen MR) is 132 cm³/mol. The lowest BCUT2D eigenvalue weighted by Gasteiger charge is -2.23. The number of alkyl halides is 3. The van der Waals surface area contributed by atoms with Gasteiger partial charge >= 0.3 is 12.1 Å². The van der Waals surface area contributed by atoms with Crippen LogP contribution in [0.1, 0.15) is 52.6 Å². The van der Waals surface area contributed by atoms with Crippen LogP contribution in [0.3, 0.4) is 0 Å². The molecule has 0 aliphatic carbocycles. The molecule has 0 fully saturated rings. The highest BCUT2D eigenvalue weighted by Gasteiger charge is 2.45. The Morgan fingerprint density at radius 2 is 1.81 bits per heavy atom. The van der Waals surface area contributed by atoms with Crippen LogP contribution in [0.15, 0.2) is 54.4 Å². The van der Waals surface area contributed by atoms with Gasteiger partial charge in [-0.15, -0.1) is 0 Å². The summed E-state index contributed by atoms with van der Waals surface area (Å²) >= 11 is 0. The predicted octanol–water partition coefficient (Wildman–Crippen LogP) is 5.97. The van der Waals surface area contributed by atoms with Crippen LogP contribution in [0.2, 0.25) is 0 Å². The fourth-order valence-corrected chi connectivity index (χ4v) is 4.61. The third kappa shape index (κ3) is 4.73. The van der Waals surface area contributed by atoms with Gasteiger partial charge in [0.25, 0.3) is 0 Å². The molecule has 0 amide bonds. The second-order valence-corrected chi connectivity index (χ2v) is 8.89. The van der Waals surface area contributed by atoms with E-state index in [1.807, 2.05) is 0 Å². The molecule has 3 aromatic rings. The van der Waals surface area contributed by atoms with Gasteiger partial charge in [0.1, 0.15) is 5.75 Å². The summed E-state index contributed by atoms with van der Waals surface area (Å²) in [4.78, 5) is 26.3. The molecular formula is C28H26F3NO5. The highest BCUT2D eigenvalue weighted by atomic mass is 19.4. The molecular weight excluding hydrogens is 487 g/mol. The maximum atomic E-state index is 14.4. The molecule has 6 nitrogen and oxygen atoms in total. The van der Waals surface area contributed by atoms with E-state index >= 15 is 0 Å². The van der Waals surface area contributed by atoms with Gasteiger partial charge in [0.2, 0.25) is 5.78 Å². The first-order chi connectivity index (χ1) is 17.5.